The Hall–Kier alpha value is -2.69. The van der Waals surface area contributed by atoms with Gasteiger partial charge in [0.25, 0.3) is 0 Å². The lowest BCUT2D eigenvalue weighted by molar-refractivity contribution is 0.504. The van der Waals surface area contributed by atoms with Crippen LogP contribution >= 0.6 is 23.8 Å². The third-order valence-electron chi connectivity index (χ3n) is 4.59. The first kappa shape index (κ1) is 26.3. The smallest absolute Gasteiger partial charge is 0.0857 e. The molecule has 2 aromatic carbocycles. The van der Waals surface area contributed by atoms with E-state index in [1.807, 2.05) is 61.5 Å². The highest BCUT2D eigenvalue weighted by molar-refractivity contribution is 7.80. The lowest BCUT2D eigenvalue weighted by Gasteiger charge is -2.19. The molecule has 0 saturated heterocycles. The topological polar surface area (TPSA) is 47.9 Å². The van der Waals surface area contributed by atoms with E-state index in [1.54, 1.807) is 0 Å². The molecule has 0 saturated carbocycles. The van der Waals surface area contributed by atoms with Crippen LogP contribution in [0, 0.1) is 10.8 Å². The van der Waals surface area contributed by atoms with Crippen molar-refractivity contribution in [3.05, 3.63) is 90.5 Å². The largest absolute Gasteiger partial charge is 0.355 e. The fourth-order valence-corrected chi connectivity index (χ4v) is 3.01. The Labute approximate surface area is 197 Å². The molecule has 0 unspecified atom stereocenters. The maximum absolute atomic E-state index is 8.17. The number of thiocarbonyl (C=S) groups is 1. The number of rotatable bonds is 7. The summed E-state index contributed by atoms with van der Waals surface area (Å²) >= 11 is 11.6. The average Bonchev–Trinajstić information content (AvgIpc) is 2.70. The molecule has 0 aliphatic heterocycles. The summed E-state index contributed by atoms with van der Waals surface area (Å²) in [6, 6.07) is 15.4. The van der Waals surface area contributed by atoms with Crippen LogP contribution < -0.4 is 10.6 Å². The summed E-state index contributed by atoms with van der Waals surface area (Å²) < 4.78 is 0. The molecule has 164 valence electrons. The number of hydrogen-bond donors (Lipinski definition) is 3. The molecule has 3 nitrogen and oxygen atoms in total. The molecule has 0 bridgehead atoms. The van der Waals surface area contributed by atoms with E-state index in [0.717, 1.165) is 22.6 Å². The maximum Gasteiger partial charge on any atom is 0.0857 e. The number of nitrogens with one attached hydrogen (secondary N) is 3. The van der Waals surface area contributed by atoms with Crippen LogP contribution in [0.5, 0.6) is 0 Å². The second kappa shape index (κ2) is 12.2. The van der Waals surface area contributed by atoms with Crippen molar-refractivity contribution in [3.63, 3.8) is 0 Å². The average molecular weight is 454 g/mol. The maximum atomic E-state index is 8.17. The monoisotopic (exact) mass is 453 g/mol. The van der Waals surface area contributed by atoms with Crippen LogP contribution in [-0.2, 0) is 0 Å². The molecule has 0 radical (unpaired) electrons. The Morgan fingerprint density at radius 1 is 1.03 bits per heavy atom. The molecule has 0 fully saturated rings. The summed E-state index contributed by atoms with van der Waals surface area (Å²) in [6.45, 7) is 18.5. The molecule has 5 heteroatoms. The van der Waals surface area contributed by atoms with E-state index in [1.165, 1.54) is 5.57 Å². The molecule has 0 atom stereocenters. The van der Waals surface area contributed by atoms with Gasteiger partial charge >= 0.3 is 0 Å². The minimum atomic E-state index is 0.0537. The fourth-order valence-electron chi connectivity index (χ4n) is 2.49. The second-order valence-electron chi connectivity index (χ2n) is 7.99. The predicted molar refractivity (Wildman–Crippen MR) is 144 cm³/mol. The summed E-state index contributed by atoms with van der Waals surface area (Å²) in [5, 5.41) is 15.3. The van der Waals surface area contributed by atoms with Crippen LogP contribution in [0.2, 0.25) is 5.02 Å². The van der Waals surface area contributed by atoms with Crippen molar-refractivity contribution in [2.24, 2.45) is 5.41 Å². The zero-order valence-electron chi connectivity index (χ0n) is 18.8. The molecule has 3 N–H and O–H groups in total. The summed E-state index contributed by atoms with van der Waals surface area (Å²) in [6.07, 6.45) is 2.31. The molecule has 0 heterocycles. The van der Waals surface area contributed by atoms with Gasteiger partial charge in [-0.25, -0.2) is 0 Å². The number of hydrogen-bond acceptors (Lipinski definition) is 3. The van der Waals surface area contributed by atoms with E-state index < -0.39 is 0 Å². The summed E-state index contributed by atoms with van der Waals surface area (Å²) in [7, 11) is 0. The van der Waals surface area contributed by atoms with Gasteiger partial charge in [0.2, 0.25) is 0 Å². The molecule has 0 amide bonds. The number of halogens is 1. The Kier molecular flexibility index (Phi) is 10.4. The molecular weight excluding hydrogens is 422 g/mol. The standard InChI is InChI=1S/C24H28ClN3S.C2H4/c1-16(24(3,4)5)14-18(26)15-23(29)28-20-12-10-19(11-13-20)27-17(2)21-8-6-7-9-22(21)25;1-2/h6-14,26-27H,2,15H2,1,3-5H3,(H,28,29);1-2H2/b16-14+,26-18?;. The van der Waals surface area contributed by atoms with Crippen LogP contribution in [0.3, 0.4) is 0 Å². The van der Waals surface area contributed by atoms with Crippen LogP contribution in [0.25, 0.3) is 5.70 Å². The first-order valence-corrected chi connectivity index (χ1v) is 10.7. The number of allylic oxidation sites excluding steroid dienone is 2. The minimum absolute atomic E-state index is 0.0537. The quantitative estimate of drug-likeness (QED) is 0.224. The lowest BCUT2D eigenvalue weighted by atomic mass is 9.87. The van der Waals surface area contributed by atoms with Crippen molar-refractivity contribution >= 4 is 51.6 Å². The third-order valence-corrected chi connectivity index (χ3v) is 5.16. The molecule has 31 heavy (non-hydrogen) atoms. The fraction of sp³-hybridized carbons (Fsp3) is 0.231. The first-order valence-electron chi connectivity index (χ1n) is 9.93. The molecular formula is C26H32ClN3S. The summed E-state index contributed by atoms with van der Waals surface area (Å²) in [5.41, 5.74) is 5.12. The van der Waals surface area contributed by atoms with Gasteiger partial charge in [0.15, 0.2) is 0 Å². The van der Waals surface area contributed by atoms with Gasteiger partial charge in [0.1, 0.15) is 0 Å². The Bertz CT molecular complexity index is 953. The van der Waals surface area contributed by atoms with Crippen molar-refractivity contribution in [1.29, 1.82) is 5.41 Å². The van der Waals surface area contributed by atoms with Gasteiger partial charge in [-0.2, -0.15) is 0 Å². The molecule has 0 aromatic heterocycles. The van der Waals surface area contributed by atoms with Gasteiger partial charge in [0.05, 0.1) is 4.99 Å². The van der Waals surface area contributed by atoms with E-state index in [4.69, 9.17) is 29.2 Å². The number of benzene rings is 2. The number of anilines is 2. The van der Waals surface area contributed by atoms with Crippen molar-refractivity contribution in [2.45, 2.75) is 34.1 Å². The van der Waals surface area contributed by atoms with Crippen molar-refractivity contribution < 1.29 is 0 Å². The first-order chi connectivity index (χ1) is 14.6. The van der Waals surface area contributed by atoms with Gasteiger partial charge in [0, 0.05) is 39.8 Å². The minimum Gasteiger partial charge on any atom is -0.355 e. The van der Waals surface area contributed by atoms with Crippen LogP contribution in [0.4, 0.5) is 11.4 Å². The van der Waals surface area contributed by atoms with Crippen molar-refractivity contribution in [3.8, 4) is 0 Å². The van der Waals surface area contributed by atoms with Gasteiger partial charge < -0.3 is 16.0 Å². The van der Waals surface area contributed by atoms with E-state index in [-0.39, 0.29) is 5.41 Å². The zero-order chi connectivity index (χ0) is 23.6. The highest BCUT2D eigenvalue weighted by Gasteiger charge is 2.13. The van der Waals surface area contributed by atoms with Crippen LogP contribution in [0.15, 0.2) is 79.9 Å². The van der Waals surface area contributed by atoms with Gasteiger partial charge in [-0.3, -0.25) is 0 Å². The Morgan fingerprint density at radius 3 is 2.06 bits per heavy atom. The predicted octanol–water partition coefficient (Wildman–Crippen LogP) is 8.37. The normalized spacial score (nSPS) is 11.1. The molecule has 2 aromatic rings. The van der Waals surface area contributed by atoms with E-state index in [2.05, 4.69) is 51.1 Å². The molecule has 2 rings (SSSR count). The van der Waals surface area contributed by atoms with E-state index in [0.29, 0.717) is 22.1 Å². The summed E-state index contributed by atoms with van der Waals surface area (Å²) in [4.78, 5) is 0.620. The van der Waals surface area contributed by atoms with E-state index >= 15 is 0 Å². The SMILES string of the molecule is C=C.C=C(Nc1ccc(NC(=S)CC(=N)/C=C(\C)C(C)(C)C)cc1)c1ccccc1Cl. The van der Waals surface area contributed by atoms with Crippen LogP contribution in [-0.4, -0.2) is 10.7 Å². The molecule has 0 aliphatic rings. The Balaban J connectivity index is 0.00000233. The summed E-state index contributed by atoms with van der Waals surface area (Å²) in [5.74, 6) is 0. The lowest BCUT2D eigenvalue weighted by Crippen LogP contribution is -2.14. The second-order valence-corrected chi connectivity index (χ2v) is 8.89. The third kappa shape index (κ3) is 8.91. The highest BCUT2D eigenvalue weighted by atomic mass is 35.5. The highest BCUT2D eigenvalue weighted by Crippen LogP contribution is 2.25. The van der Waals surface area contributed by atoms with Crippen LogP contribution in [0.1, 0.15) is 39.7 Å². The van der Waals surface area contributed by atoms with Crippen molar-refractivity contribution in [1.82, 2.24) is 0 Å². The molecule has 0 aliphatic carbocycles. The van der Waals surface area contributed by atoms with E-state index in [9.17, 15) is 0 Å². The van der Waals surface area contributed by atoms with Gasteiger partial charge in [-0.15, -0.1) is 13.2 Å². The zero-order valence-corrected chi connectivity index (χ0v) is 20.4. The van der Waals surface area contributed by atoms with Gasteiger partial charge in [-0.1, -0.05) is 74.9 Å². The molecule has 0 spiro atoms. The van der Waals surface area contributed by atoms with Gasteiger partial charge in [-0.05, 0) is 48.7 Å². The van der Waals surface area contributed by atoms with Crippen molar-refractivity contribution in [2.75, 3.05) is 10.6 Å². The Morgan fingerprint density at radius 2 is 1.55 bits per heavy atom.